The van der Waals surface area contributed by atoms with Gasteiger partial charge in [0.05, 0.1) is 13.2 Å². The van der Waals surface area contributed by atoms with E-state index < -0.39 is 163 Å². The number of hydrogen-bond donors (Lipinski definition) is 15. The summed E-state index contributed by atoms with van der Waals surface area (Å²) in [6.07, 6.45) is 2.32. The predicted octanol–water partition coefficient (Wildman–Crippen LogP) is -4.48. The Kier molecular flexibility index (Phi) is 34.7. The van der Waals surface area contributed by atoms with Crippen LogP contribution >= 0.6 is 23.5 Å². The zero-order valence-electron chi connectivity index (χ0n) is 61.6. The van der Waals surface area contributed by atoms with Crippen LogP contribution in [0.2, 0.25) is 0 Å². The van der Waals surface area contributed by atoms with Crippen LogP contribution in [0.4, 0.5) is 0 Å². The van der Waals surface area contributed by atoms with Crippen LogP contribution in [-0.4, -0.2) is 216 Å². The van der Waals surface area contributed by atoms with Gasteiger partial charge in [-0.2, -0.15) is 23.5 Å². The number of carboxylic acid groups (broad SMARTS) is 2. The van der Waals surface area contributed by atoms with E-state index in [9.17, 15) is 63.3 Å². The number of oxime groups is 1. The molecule has 1 aromatic heterocycles. The molecule has 1 fully saturated rings. The van der Waals surface area contributed by atoms with Gasteiger partial charge in [-0.05, 0) is 129 Å². The van der Waals surface area contributed by atoms with Gasteiger partial charge >= 0.3 is 5.96 Å². The van der Waals surface area contributed by atoms with Crippen molar-refractivity contribution in [2.75, 3.05) is 51.5 Å². The molecule has 3 aliphatic rings. The summed E-state index contributed by atoms with van der Waals surface area (Å²) < 4.78 is 11.6. The number of benzene rings is 3. The Balaban J connectivity index is 1.31. The van der Waals surface area contributed by atoms with Crippen LogP contribution in [0.3, 0.4) is 0 Å². The standard InChI is InChI=1S/C73H100N16O19S2/c1-4-41(2)62-71(104)85-54(33-45-35-78-49-14-8-7-13-48(45)49)68(101)83-53(32-42-17-19-46(90)20-18-42)67(100)81-51(21-22-60(92)93)65(98)86-56(63(74)96)39-109-37-43-29-44-31-47(30-43)107-26-9-5-6-10-27-108-79-36-59(91)80-50(15-11-24-77-73(75)76)64(97)87-57(40-110-38-44)72(105)89-25-12-16-58(89)70(103)82-52(23-28-106-3)66(99)84-55(34-61(94)95)69(102)88-62/h7-8,13-14,17-20,29-31,35-36,41,50-58,62,78,90H,4-6,9-12,15-16,21-28,32-34,37-40H2,1-3H3,(H2,74,96)(H,80,91)(H,81,100)(H,82,103)(H,83,101)(H,84,99)(H,85,104)(H,86,98)(H,87,97)(H,88,102)(H,92,93)(H,94,95)(H4,75,76,77)/p-1/b79-36+/t41-,50-,51-,52-,53-,54-,55-,56-,57-,58-,62-/m0/s1. The number of carboxylic acids is 2. The zero-order chi connectivity index (χ0) is 79.8. The number of aromatic amines is 1. The second-order valence-corrected chi connectivity index (χ2v) is 29.1. The van der Waals surface area contributed by atoms with Crippen LogP contribution in [0.5, 0.6) is 11.5 Å². The molecule has 37 heteroatoms. The van der Waals surface area contributed by atoms with Crippen LogP contribution in [0.15, 0.2) is 78.1 Å². The van der Waals surface area contributed by atoms with Crippen LogP contribution in [-0.2, 0) is 96.3 Å². The summed E-state index contributed by atoms with van der Waals surface area (Å²) in [5.41, 5.74) is 20.0. The second kappa shape index (κ2) is 44.1. The lowest BCUT2D eigenvalue weighted by molar-refractivity contribution is -0.459. The molecule has 4 aromatic rings. The fourth-order valence-corrected chi connectivity index (χ4v) is 14.5. The first-order valence-electron chi connectivity index (χ1n) is 36.4. The third-order valence-corrected chi connectivity index (χ3v) is 20.8. The number of carbonyl (C=O) groups excluding carboxylic acids is 13. The predicted molar refractivity (Wildman–Crippen MR) is 401 cm³/mol. The third-order valence-electron chi connectivity index (χ3n) is 18.6. The van der Waals surface area contributed by atoms with E-state index in [0.717, 1.165) is 12.6 Å². The van der Waals surface area contributed by atoms with E-state index in [2.05, 4.69) is 63.0 Å². The summed E-state index contributed by atoms with van der Waals surface area (Å²) in [7, 11) is 1.31. The number of carbonyl (C=O) groups is 13. The number of aromatic nitrogens is 1. The molecule has 4 bridgehead atoms. The Morgan fingerprint density at radius 2 is 1.28 bits per heavy atom. The maximum absolute atomic E-state index is 15.3. The number of methoxy groups -OCH3 is 1. The van der Waals surface area contributed by atoms with Gasteiger partial charge in [0, 0.05) is 91.6 Å². The number of phenols is 1. The Bertz CT molecular complexity index is 3940. The number of amides is 11. The van der Waals surface area contributed by atoms with Gasteiger partial charge in [0.25, 0.3) is 5.91 Å². The summed E-state index contributed by atoms with van der Waals surface area (Å²) in [6.45, 7) is 3.65. The summed E-state index contributed by atoms with van der Waals surface area (Å²) in [6, 6.07) is 2.26. The fraction of sp³-hybridized carbons (Fsp3) is 0.521. The third kappa shape index (κ3) is 27.8. The fourth-order valence-electron chi connectivity index (χ4n) is 12.5. The smallest absolute Gasteiger partial charge is 0.338 e. The number of para-hydroxylation sites is 1. The Morgan fingerprint density at radius 1 is 0.673 bits per heavy atom. The first kappa shape index (κ1) is 86.5. The number of aliphatic carboxylic acids is 2. The summed E-state index contributed by atoms with van der Waals surface area (Å²) in [5.74, 6) is -14.6. The van der Waals surface area contributed by atoms with Gasteiger partial charge in [-0.25, -0.2) is 0 Å². The normalized spacial score (nSPS) is 24.1. The Hall–Kier alpha value is -10.7. The van der Waals surface area contributed by atoms with Crippen LogP contribution < -0.4 is 85.0 Å². The number of hydrogen-bond acceptors (Lipinski definition) is 22. The summed E-state index contributed by atoms with van der Waals surface area (Å²) >= 11 is 2.37. The maximum Gasteiger partial charge on any atom is 0.338 e. The highest BCUT2D eigenvalue weighted by Crippen LogP contribution is 2.28. The lowest BCUT2D eigenvalue weighted by Crippen LogP contribution is -2.78. The quantitative estimate of drug-likeness (QED) is 0.0239. The number of H-pyrrole nitrogens is 1. The van der Waals surface area contributed by atoms with Crippen molar-refractivity contribution in [3.8, 4) is 11.5 Å². The number of nitrogens with one attached hydrogen (secondary N) is 11. The number of fused-ring (bicyclic) bond motifs is 7. The van der Waals surface area contributed by atoms with Crippen LogP contribution in [0, 0.1) is 5.92 Å². The minimum atomic E-state index is -2.00. The lowest BCUT2D eigenvalue weighted by Gasteiger charge is -2.31. The van der Waals surface area contributed by atoms with Gasteiger partial charge in [0.2, 0.25) is 59.1 Å². The van der Waals surface area contributed by atoms with Crippen molar-refractivity contribution in [3.05, 3.63) is 95.2 Å². The number of aromatic hydroxyl groups is 1. The number of ether oxygens (including phenoxy) is 2. The van der Waals surface area contributed by atoms with Gasteiger partial charge in [0.15, 0.2) is 0 Å². The molecular formula is C73H99N16O19S2-. The number of thioether (sulfide) groups is 2. The van der Waals surface area contributed by atoms with E-state index in [1.807, 2.05) is 6.07 Å². The number of guanidine groups is 1. The van der Waals surface area contributed by atoms with Crippen molar-refractivity contribution in [1.82, 2.24) is 57.7 Å². The molecule has 0 saturated carbocycles. The molecule has 3 aliphatic heterocycles. The SMILES string of the molecule is CC[C@H](C)[C@@H]1NC(=O)[C@H](CC(=O)[O-])NC(=O)[C@H](CCOC)NC(=O)[C@@H]2CCCN2C(=O)[C@@H]2CSCc3cc(cc(c3)OCCCCCCO/N=C/C(=O)N[C@@H](CCC[NH+]=C(N)N)C(=O)N2)CSC[C@@H](C(N)=O)NC(=O)[C@H](CCC(=O)[O-])NC(=O)[C@H](Cc2ccc(O)cc2)NC(=O)[C@H](Cc2c[nH]c3ccccc23)NC1=O. The molecule has 7 rings (SSSR count). The van der Waals surface area contributed by atoms with E-state index in [-0.39, 0.29) is 119 Å². The first-order chi connectivity index (χ1) is 52.7. The molecule has 598 valence electrons. The molecule has 0 unspecified atom stereocenters. The van der Waals surface area contributed by atoms with E-state index in [1.54, 1.807) is 56.4 Å². The van der Waals surface area contributed by atoms with E-state index in [4.69, 9.17) is 31.5 Å². The number of rotatable bonds is 19. The summed E-state index contributed by atoms with van der Waals surface area (Å²) in [5, 5.41) is 62.8. The topological polar surface area (TPSA) is 548 Å². The lowest BCUT2D eigenvalue weighted by atomic mass is 9.96. The highest BCUT2D eigenvalue weighted by Gasteiger charge is 2.41. The van der Waals surface area contributed by atoms with Crippen molar-refractivity contribution >= 4 is 124 Å². The molecule has 0 radical (unpaired) electrons. The van der Waals surface area contributed by atoms with Crippen LogP contribution in [0.25, 0.3) is 10.9 Å². The number of phenolic OH excluding ortho intramolecular Hbond substituents is 1. The molecule has 18 N–H and O–H groups in total. The summed E-state index contributed by atoms with van der Waals surface area (Å²) in [4.78, 5) is 197. The number of nitrogens with zero attached hydrogens (tertiary/aromatic N) is 2. The number of primary amides is 1. The van der Waals surface area contributed by atoms with Gasteiger partial charge in [-0.1, -0.05) is 61.8 Å². The van der Waals surface area contributed by atoms with E-state index >= 15 is 14.4 Å². The highest BCUT2D eigenvalue weighted by molar-refractivity contribution is 7.98. The average Bonchev–Trinajstić information content (AvgIpc) is 1.63. The molecule has 0 aliphatic carbocycles. The first-order valence-corrected chi connectivity index (χ1v) is 38.7. The molecule has 3 aromatic carbocycles. The van der Waals surface area contributed by atoms with Gasteiger partial charge in [-0.3, -0.25) is 69.2 Å². The monoisotopic (exact) mass is 1570 g/mol. The maximum atomic E-state index is 15.3. The van der Waals surface area contributed by atoms with Gasteiger partial charge < -0.3 is 103 Å². The van der Waals surface area contributed by atoms with Gasteiger partial charge in [-0.15, -0.1) is 0 Å². The molecule has 35 nitrogen and oxygen atoms in total. The Morgan fingerprint density at radius 3 is 1.96 bits per heavy atom. The molecular weight excluding hydrogens is 1470 g/mol. The van der Waals surface area contributed by atoms with Crippen molar-refractivity contribution in [2.24, 2.45) is 28.3 Å². The second-order valence-electron chi connectivity index (χ2n) is 27.0. The van der Waals surface area contributed by atoms with Crippen molar-refractivity contribution in [3.63, 3.8) is 0 Å². The molecule has 11 amide bonds. The minimum absolute atomic E-state index is 0.0129. The molecule has 110 heavy (non-hydrogen) atoms. The van der Waals surface area contributed by atoms with Crippen LogP contribution in [0.1, 0.15) is 120 Å². The molecule has 0 spiro atoms. The van der Waals surface area contributed by atoms with E-state index in [1.165, 1.54) is 59.8 Å². The largest absolute Gasteiger partial charge is 0.550 e. The average molecular weight is 1570 g/mol. The minimum Gasteiger partial charge on any atom is -0.550 e. The van der Waals surface area contributed by atoms with Gasteiger partial charge in [0.1, 0.15) is 84.7 Å². The highest BCUT2D eigenvalue weighted by atomic mass is 32.2. The number of nitrogens with two attached hydrogens (primary N) is 3. The van der Waals surface area contributed by atoms with Crippen molar-refractivity contribution in [1.29, 1.82) is 0 Å². The molecule has 1 saturated heterocycles. The van der Waals surface area contributed by atoms with E-state index in [0.29, 0.717) is 58.2 Å². The van der Waals surface area contributed by atoms with Crippen molar-refractivity contribution < 1.29 is 97.0 Å². The Labute approximate surface area is 643 Å². The van der Waals surface area contributed by atoms with Crippen molar-refractivity contribution in [2.45, 2.75) is 182 Å². The zero-order valence-corrected chi connectivity index (χ0v) is 63.2. The molecule has 4 heterocycles. The molecule has 11 atom stereocenters.